The number of phenols is 1. The molecule has 0 aliphatic heterocycles. The van der Waals surface area contributed by atoms with Gasteiger partial charge in [-0.2, -0.15) is 5.10 Å². The normalized spacial score (nSPS) is 12.1. The highest BCUT2D eigenvalue weighted by Gasteiger charge is 2.08. The number of hydrogen-bond acceptors (Lipinski definition) is 6. The van der Waals surface area contributed by atoms with Crippen molar-refractivity contribution in [1.29, 1.82) is 0 Å². The molecule has 0 atom stereocenters. The molecular formula is C20H16N4OS2. The van der Waals surface area contributed by atoms with Gasteiger partial charge in [0, 0.05) is 17.8 Å². The van der Waals surface area contributed by atoms with Crippen LogP contribution in [-0.4, -0.2) is 21.0 Å². The van der Waals surface area contributed by atoms with Crippen LogP contribution in [0, 0.1) is 0 Å². The van der Waals surface area contributed by atoms with Gasteiger partial charge in [-0.1, -0.05) is 12.1 Å². The lowest BCUT2D eigenvalue weighted by atomic mass is 10.2. The molecule has 134 valence electrons. The first-order chi connectivity index (χ1) is 13.3. The van der Waals surface area contributed by atoms with Crippen molar-refractivity contribution in [1.82, 2.24) is 9.66 Å². The molecule has 1 aromatic carbocycles. The Labute approximate surface area is 164 Å². The standard InChI is InChI=1S/C20H16N4OS2/c25-17-7-5-15(6-8-17)13-23-24-18(19-4-2-10-26-19)14-27-20(24)22-12-16-3-1-9-21-11-16/h1-11,13-14,25H,12H2. The van der Waals surface area contributed by atoms with Crippen LogP contribution >= 0.6 is 22.7 Å². The second-order valence-electron chi connectivity index (χ2n) is 5.71. The summed E-state index contributed by atoms with van der Waals surface area (Å²) < 4.78 is 1.86. The van der Waals surface area contributed by atoms with Crippen molar-refractivity contribution in [2.24, 2.45) is 10.1 Å². The summed E-state index contributed by atoms with van der Waals surface area (Å²) in [4.78, 5) is 10.8. The Bertz CT molecular complexity index is 1100. The molecule has 3 heterocycles. The minimum atomic E-state index is 0.238. The maximum Gasteiger partial charge on any atom is 0.206 e. The molecule has 7 heteroatoms. The third-order valence-electron chi connectivity index (χ3n) is 3.79. The summed E-state index contributed by atoms with van der Waals surface area (Å²) in [7, 11) is 0. The van der Waals surface area contributed by atoms with Gasteiger partial charge in [0.15, 0.2) is 0 Å². The van der Waals surface area contributed by atoms with E-state index in [1.54, 1.807) is 47.2 Å². The van der Waals surface area contributed by atoms with Gasteiger partial charge in [-0.3, -0.25) is 9.98 Å². The van der Waals surface area contributed by atoms with Crippen molar-refractivity contribution in [3.8, 4) is 16.3 Å². The Kier molecular flexibility index (Phi) is 5.22. The van der Waals surface area contributed by atoms with Gasteiger partial charge in [0.05, 0.1) is 23.3 Å². The number of nitrogens with zero attached hydrogens (tertiary/aromatic N) is 4. The molecule has 1 N–H and O–H groups in total. The second-order valence-corrected chi connectivity index (χ2v) is 7.49. The van der Waals surface area contributed by atoms with Crippen LogP contribution in [0.5, 0.6) is 5.75 Å². The Morgan fingerprint density at radius 2 is 1.96 bits per heavy atom. The molecule has 0 aliphatic rings. The number of rotatable bonds is 5. The number of pyridine rings is 1. The first-order valence-corrected chi connectivity index (χ1v) is 10.0. The van der Waals surface area contributed by atoms with Gasteiger partial charge in [-0.25, -0.2) is 4.68 Å². The van der Waals surface area contributed by atoms with Crippen LogP contribution in [0.2, 0.25) is 0 Å². The average Bonchev–Trinajstić information content (AvgIpc) is 3.36. The molecule has 4 aromatic rings. The quantitative estimate of drug-likeness (QED) is 0.513. The van der Waals surface area contributed by atoms with Gasteiger partial charge in [-0.15, -0.1) is 22.7 Å². The largest absolute Gasteiger partial charge is 0.508 e. The van der Waals surface area contributed by atoms with Crippen LogP contribution in [0.15, 0.2) is 81.8 Å². The van der Waals surface area contributed by atoms with Crippen molar-refractivity contribution < 1.29 is 5.11 Å². The van der Waals surface area contributed by atoms with Crippen LogP contribution in [0.3, 0.4) is 0 Å². The third-order valence-corrected chi connectivity index (χ3v) is 5.54. The highest BCUT2D eigenvalue weighted by atomic mass is 32.1. The number of benzene rings is 1. The lowest BCUT2D eigenvalue weighted by Crippen LogP contribution is -2.12. The summed E-state index contributed by atoms with van der Waals surface area (Å²) >= 11 is 3.23. The van der Waals surface area contributed by atoms with E-state index < -0.39 is 0 Å². The Morgan fingerprint density at radius 3 is 2.70 bits per heavy atom. The van der Waals surface area contributed by atoms with Crippen molar-refractivity contribution in [2.45, 2.75) is 6.54 Å². The van der Waals surface area contributed by atoms with Gasteiger partial charge >= 0.3 is 0 Å². The molecule has 5 nitrogen and oxygen atoms in total. The molecule has 0 aliphatic carbocycles. The van der Waals surface area contributed by atoms with E-state index in [0.29, 0.717) is 6.54 Å². The minimum Gasteiger partial charge on any atom is -0.508 e. The predicted molar refractivity (Wildman–Crippen MR) is 110 cm³/mol. The van der Waals surface area contributed by atoms with E-state index in [2.05, 4.69) is 21.5 Å². The van der Waals surface area contributed by atoms with E-state index in [4.69, 9.17) is 4.99 Å². The van der Waals surface area contributed by atoms with E-state index in [0.717, 1.165) is 26.5 Å². The lowest BCUT2D eigenvalue weighted by molar-refractivity contribution is 0.475. The zero-order chi connectivity index (χ0) is 18.5. The van der Waals surface area contributed by atoms with Crippen molar-refractivity contribution in [3.05, 3.63) is 87.6 Å². The average molecular weight is 393 g/mol. The van der Waals surface area contributed by atoms with E-state index in [1.165, 1.54) is 0 Å². The summed E-state index contributed by atoms with van der Waals surface area (Å²) in [6.07, 6.45) is 5.35. The molecule has 4 rings (SSSR count). The zero-order valence-electron chi connectivity index (χ0n) is 14.3. The molecule has 0 fully saturated rings. The highest BCUT2D eigenvalue weighted by molar-refractivity contribution is 7.14. The van der Waals surface area contributed by atoms with Gasteiger partial charge in [-0.05, 0) is 52.9 Å². The number of aromatic nitrogens is 2. The fraction of sp³-hybridized carbons (Fsp3) is 0.0500. The monoisotopic (exact) mass is 392 g/mol. The van der Waals surface area contributed by atoms with E-state index in [9.17, 15) is 5.11 Å². The summed E-state index contributed by atoms with van der Waals surface area (Å²) in [6, 6.07) is 15.0. The molecule has 0 spiro atoms. The van der Waals surface area contributed by atoms with Crippen LogP contribution in [-0.2, 0) is 6.54 Å². The van der Waals surface area contributed by atoms with Crippen LogP contribution < -0.4 is 4.80 Å². The van der Waals surface area contributed by atoms with Gasteiger partial charge < -0.3 is 5.11 Å². The lowest BCUT2D eigenvalue weighted by Gasteiger charge is -2.01. The topological polar surface area (TPSA) is 62.8 Å². The first-order valence-electron chi connectivity index (χ1n) is 8.27. The minimum absolute atomic E-state index is 0.238. The molecule has 3 aromatic heterocycles. The van der Waals surface area contributed by atoms with E-state index >= 15 is 0 Å². The molecule has 0 bridgehead atoms. The maximum absolute atomic E-state index is 9.43. The zero-order valence-corrected chi connectivity index (χ0v) is 15.9. The molecular weight excluding hydrogens is 376 g/mol. The third kappa shape index (κ3) is 4.21. The van der Waals surface area contributed by atoms with E-state index in [1.807, 2.05) is 46.6 Å². The molecule has 0 unspecified atom stereocenters. The second kappa shape index (κ2) is 8.11. The fourth-order valence-corrected chi connectivity index (χ4v) is 4.08. The summed E-state index contributed by atoms with van der Waals surface area (Å²) in [5, 5.41) is 18.2. The Hall–Kier alpha value is -3.03. The molecule has 27 heavy (non-hydrogen) atoms. The van der Waals surface area contributed by atoms with Crippen molar-refractivity contribution in [2.75, 3.05) is 0 Å². The van der Waals surface area contributed by atoms with Crippen molar-refractivity contribution >= 4 is 28.9 Å². The number of aromatic hydroxyl groups is 1. The summed E-state index contributed by atoms with van der Waals surface area (Å²) in [5.74, 6) is 0.238. The number of thiophene rings is 1. The summed E-state index contributed by atoms with van der Waals surface area (Å²) in [5.41, 5.74) is 2.97. The van der Waals surface area contributed by atoms with Crippen LogP contribution in [0.1, 0.15) is 11.1 Å². The molecule has 0 amide bonds. The fourth-order valence-electron chi connectivity index (χ4n) is 2.45. The van der Waals surface area contributed by atoms with Crippen molar-refractivity contribution in [3.63, 3.8) is 0 Å². The molecule has 0 saturated carbocycles. The predicted octanol–water partition coefficient (Wildman–Crippen LogP) is 4.36. The molecule has 0 saturated heterocycles. The Balaban J connectivity index is 1.72. The number of thiazole rings is 1. The Morgan fingerprint density at radius 1 is 1.07 bits per heavy atom. The molecule has 0 radical (unpaired) electrons. The van der Waals surface area contributed by atoms with Gasteiger partial charge in [0.2, 0.25) is 4.80 Å². The number of hydrogen-bond donors (Lipinski definition) is 1. The maximum atomic E-state index is 9.43. The van der Waals surface area contributed by atoms with Gasteiger partial charge in [0.25, 0.3) is 0 Å². The van der Waals surface area contributed by atoms with Crippen LogP contribution in [0.25, 0.3) is 10.6 Å². The SMILES string of the molecule is Oc1ccc(C=Nn2c(-c3cccs3)csc2=NCc2cccnc2)cc1. The summed E-state index contributed by atoms with van der Waals surface area (Å²) in [6.45, 7) is 0.549. The van der Waals surface area contributed by atoms with Crippen LogP contribution in [0.4, 0.5) is 0 Å². The number of phenolic OH excluding ortho intramolecular Hbond substituents is 1. The smallest absolute Gasteiger partial charge is 0.206 e. The first kappa shape index (κ1) is 17.4. The van der Waals surface area contributed by atoms with Gasteiger partial charge in [0.1, 0.15) is 5.75 Å². The van der Waals surface area contributed by atoms with E-state index in [-0.39, 0.29) is 5.75 Å². The highest BCUT2D eigenvalue weighted by Crippen LogP contribution is 2.25.